The van der Waals surface area contributed by atoms with Crippen molar-refractivity contribution in [1.29, 1.82) is 0 Å². The summed E-state index contributed by atoms with van der Waals surface area (Å²) in [6.45, 7) is 9.93. The van der Waals surface area contributed by atoms with Gasteiger partial charge in [0.25, 0.3) is 0 Å². The third kappa shape index (κ3) is 16.5. The number of fused-ring (bicyclic) bond motifs is 1. The molecule has 7 rings (SSSR count). The molecule has 5 atom stereocenters. The number of ether oxygens (including phenoxy) is 2. The number of alkyl halides is 3. The fourth-order valence-electron chi connectivity index (χ4n) is 9.84. The van der Waals surface area contributed by atoms with Crippen LogP contribution in [0.1, 0.15) is 87.4 Å². The van der Waals surface area contributed by atoms with E-state index in [9.17, 15) is 37.1 Å². The Labute approximate surface area is 468 Å². The number of likely N-dealkylation sites (tertiary alicyclic amines) is 1. The van der Waals surface area contributed by atoms with Crippen molar-refractivity contribution in [2.24, 2.45) is 13.0 Å². The number of halogens is 5. The van der Waals surface area contributed by atoms with Crippen molar-refractivity contribution in [2.75, 3.05) is 40.3 Å². The number of benzene rings is 4. The van der Waals surface area contributed by atoms with Gasteiger partial charge in [-0.05, 0) is 144 Å². The largest absolute Gasteiger partial charge is 0.495 e. The number of aromatic nitrogens is 2. The minimum atomic E-state index is -5.42. The molecule has 1 aromatic heterocycles. The zero-order valence-electron chi connectivity index (χ0n) is 45.4. The maximum Gasteiger partial charge on any atom is 0.495 e. The van der Waals surface area contributed by atoms with E-state index in [0.29, 0.717) is 39.9 Å². The normalized spacial score (nSPS) is 16.1. The van der Waals surface area contributed by atoms with Crippen molar-refractivity contribution in [3.8, 4) is 22.8 Å². The van der Waals surface area contributed by atoms with Crippen LogP contribution in [0.2, 0.25) is 10.0 Å². The number of aryl methyl sites for hydroxylation is 1. The predicted octanol–water partition coefficient (Wildman–Crippen LogP) is 9.39. The van der Waals surface area contributed by atoms with Crippen LogP contribution in [0.3, 0.4) is 0 Å². The van der Waals surface area contributed by atoms with Gasteiger partial charge in [0.15, 0.2) is 0 Å². The molecule has 2 heterocycles. The molecule has 5 aromatic rings. The zero-order valence-corrected chi connectivity index (χ0v) is 46.9. The summed E-state index contributed by atoms with van der Waals surface area (Å²) in [5.74, 6) is -5.36. The Balaban J connectivity index is 1.05. The van der Waals surface area contributed by atoms with Crippen molar-refractivity contribution >= 4 is 52.9 Å². The van der Waals surface area contributed by atoms with Gasteiger partial charge >= 0.3 is 18.1 Å². The Morgan fingerprint density at radius 2 is 1.56 bits per heavy atom. The summed E-state index contributed by atoms with van der Waals surface area (Å²) in [5, 5.41) is 7.07. The number of nitrogens with one attached hydrogen (secondary N) is 2. The van der Waals surface area contributed by atoms with Crippen molar-refractivity contribution < 1.29 is 56.4 Å². The van der Waals surface area contributed by atoms with Gasteiger partial charge in [-0.15, -0.1) is 0 Å². The molecule has 2 N–H and O–H groups in total. The summed E-state index contributed by atoms with van der Waals surface area (Å²) in [7, 11) is 5.07. The minimum absolute atomic E-state index is 0.106. The quantitative estimate of drug-likeness (QED) is 0.0497. The Morgan fingerprint density at radius 3 is 2.24 bits per heavy atom. The monoisotopic (exact) mass is 1130 g/mol. The van der Waals surface area contributed by atoms with Crippen molar-refractivity contribution in [1.82, 2.24) is 34.9 Å². The average molecular weight is 1140 g/mol. The minimum Gasteiger partial charge on any atom is -0.457 e. The molecule has 3 amide bonds. The lowest BCUT2D eigenvalue weighted by molar-refractivity contribution is -0.286. The molecule has 16 nitrogen and oxygen atoms in total. The highest BCUT2D eigenvalue weighted by molar-refractivity contribution is 6.31. The molecule has 1 saturated heterocycles. The lowest BCUT2D eigenvalue weighted by Crippen LogP contribution is -2.57. The van der Waals surface area contributed by atoms with Gasteiger partial charge in [0, 0.05) is 55.4 Å². The van der Waals surface area contributed by atoms with Gasteiger partial charge in [0.1, 0.15) is 23.4 Å². The first-order chi connectivity index (χ1) is 37.4. The molecular weight excluding hydrogens is 1070 g/mol. The topological polar surface area (TPSA) is 174 Å². The number of amides is 3. The van der Waals surface area contributed by atoms with Crippen LogP contribution < -0.4 is 15.4 Å². The molecule has 0 bridgehead atoms. The van der Waals surface area contributed by atoms with E-state index >= 15 is 0 Å². The lowest BCUT2D eigenvalue weighted by atomic mass is 9.84. The van der Waals surface area contributed by atoms with E-state index in [1.165, 1.54) is 29.7 Å². The van der Waals surface area contributed by atoms with Gasteiger partial charge in [0.2, 0.25) is 17.7 Å². The zero-order chi connectivity index (χ0) is 57.2. The second kappa shape index (κ2) is 26.6. The molecule has 4 aromatic carbocycles. The highest BCUT2D eigenvalue weighted by atomic mass is 35.5. The highest BCUT2D eigenvalue weighted by Gasteiger charge is 2.44. The summed E-state index contributed by atoms with van der Waals surface area (Å²) in [4.78, 5) is 86.1. The number of hydrogen-bond acceptors (Lipinski definition) is 12. The Hall–Kier alpha value is -6.51. The molecular formula is C58H68Cl2F3N7O9. The molecule has 21 heteroatoms. The number of carbonyl (C=O) groups is 5. The number of nitrogens with zero attached hydrogens (tertiary/aromatic N) is 5. The van der Waals surface area contributed by atoms with Crippen molar-refractivity contribution in [3.05, 3.63) is 135 Å². The van der Waals surface area contributed by atoms with E-state index < -0.39 is 77.8 Å². The van der Waals surface area contributed by atoms with Gasteiger partial charge in [-0.25, -0.2) is 24.3 Å². The van der Waals surface area contributed by atoms with Crippen molar-refractivity contribution in [3.63, 3.8) is 0 Å². The summed E-state index contributed by atoms with van der Waals surface area (Å²) in [6.07, 6.45) is -0.644. The standard InChI is InChI=1S/C58H68Cl2F3N7O9/c1-36(64-31-40-16-22-42(60)29-50(40)77-44-23-17-39(18-24-44)49-32-65-51(69(49)7)34-70-26-10-11-27-70)53(72)66-48(35-76-57(2,3)4)55(74)68(6)43(28-37-14-20-41(59)21-15-37)33-67(5)54(73)47(30-52(71)78-79-56(75)58(61,62)63)46-25-19-38-12-8-9-13-45(38)46/h8-9,12-18,20-24,29,32,36,43,46-48,64H,10-11,19,25-28,30-31,33-35H2,1-7H3,(H,66,72)/t36-,43+,46-,47-,48-/m0/s1. The number of likely N-dealkylation sites (N-methyl/N-ethyl adjacent to an activating group) is 2. The van der Waals surface area contributed by atoms with E-state index in [1.54, 1.807) is 62.5 Å². The average Bonchev–Trinajstić information content (AvgIpc) is 4.19. The van der Waals surface area contributed by atoms with Crippen molar-refractivity contribution in [2.45, 2.75) is 115 Å². The van der Waals surface area contributed by atoms with E-state index in [1.807, 2.05) is 76.5 Å². The van der Waals surface area contributed by atoms with Crippen LogP contribution in [-0.4, -0.2) is 124 Å². The number of hydrogen-bond donors (Lipinski definition) is 2. The fourth-order valence-corrected chi connectivity index (χ4v) is 10.1. The van der Waals surface area contributed by atoms with Gasteiger partial charge < -0.3 is 34.5 Å². The molecule has 424 valence electrons. The second-order valence-corrected chi connectivity index (χ2v) is 22.1. The van der Waals surface area contributed by atoms with Gasteiger partial charge in [-0.3, -0.25) is 19.3 Å². The van der Waals surface area contributed by atoms with E-state index in [0.717, 1.165) is 53.4 Å². The highest BCUT2D eigenvalue weighted by Crippen LogP contribution is 2.41. The van der Waals surface area contributed by atoms with E-state index in [2.05, 4.69) is 29.9 Å². The maximum atomic E-state index is 14.9. The molecule has 1 aliphatic heterocycles. The number of imidazole rings is 1. The first-order valence-electron chi connectivity index (χ1n) is 26.2. The Morgan fingerprint density at radius 1 is 0.873 bits per heavy atom. The molecule has 79 heavy (non-hydrogen) atoms. The summed E-state index contributed by atoms with van der Waals surface area (Å²) < 4.78 is 53.4. The van der Waals surface area contributed by atoms with Crippen LogP contribution in [0.25, 0.3) is 11.3 Å². The van der Waals surface area contributed by atoms with E-state index in [4.69, 9.17) is 37.7 Å². The summed E-state index contributed by atoms with van der Waals surface area (Å²) >= 11 is 12.7. The van der Waals surface area contributed by atoms with Crippen LogP contribution in [-0.2, 0) is 71.5 Å². The predicted molar refractivity (Wildman–Crippen MR) is 292 cm³/mol. The first-order valence-corrected chi connectivity index (χ1v) is 27.0. The number of carbonyl (C=O) groups excluding carboxylic acids is 5. The number of rotatable bonds is 22. The van der Waals surface area contributed by atoms with Crippen LogP contribution in [0, 0.1) is 5.92 Å². The maximum absolute atomic E-state index is 14.9. The van der Waals surface area contributed by atoms with Crippen LogP contribution in [0.5, 0.6) is 11.5 Å². The molecule has 0 spiro atoms. The van der Waals surface area contributed by atoms with Gasteiger partial charge in [-0.1, -0.05) is 65.7 Å². The molecule has 2 aliphatic rings. The summed E-state index contributed by atoms with van der Waals surface area (Å²) in [5.41, 5.74) is 4.43. The van der Waals surface area contributed by atoms with E-state index in [-0.39, 0.29) is 26.1 Å². The lowest BCUT2D eigenvalue weighted by Gasteiger charge is -2.36. The smallest absolute Gasteiger partial charge is 0.457 e. The molecule has 0 unspecified atom stereocenters. The van der Waals surface area contributed by atoms with Crippen LogP contribution in [0.15, 0.2) is 97.2 Å². The Bertz CT molecular complexity index is 2930. The van der Waals surface area contributed by atoms with Gasteiger partial charge in [0.05, 0.1) is 55.1 Å². The third-order valence-electron chi connectivity index (χ3n) is 14.3. The molecule has 1 fully saturated rings. The van der Waals surface area contributed by atoms with Gasteiger partial charge in [-0.2, -0.15) is 13.2 Å². The summed E-state index contributed by atoms with van der Waals surface area (Å²) in [6, 6.07) is 24.4. The first kappa shape index (κ1) is 60.1. The Kier molecular flexibility index (Phi) is 20.3. The SMILES string of the molecule is C[C@H](NCc1ccc(Cl)cc1Oc1ccc(-c2cnc(CN3CCCC3)n2C)cc1)C(=O)N[C@@H](COC(C)(C)C)C(=O)N(C)[C@H](Cc1ccc(Cl)cc1)CN(C)C(=O)[C@@H](CC(=O)OOC(=O)C(F)(F)F)[C@H]1CCc2ccccc21. The molecule has 1 aliphatic carbocycles. The molecule has 0 saturated carbocycles. The third-order valence-corrected chi connectivity index (χ3v) is 14.8. The molecule has 0 radical (unpaired) electrons. The van der Waals surface area contributed by atoms with Crippen LogP contribution in [0.4, 0.5) is 13.2 Å². The van der Waals surface area contributed by atoms with Crippen LogP contribution >= 0.6 is 23.2 Å². The second-order valence-electron chi connectivity index (χ2n) is 21.2. The fraction of sp³-hybridized carbons (Fsp3) is 0.448.